The van der Waals surface area contributed by atoms with Gasteiger partial charge in [0.25, 0.3) is 0 Å². The number of nitrogens with zero attached hydrogens (tertiary/aromatic N) is 5. The highest BCUT2D eigenvalue weighted by molar-refractivity contribution is 6.18. The van der Waals surface area contributed by atoms with Gasteiger partial charge in [0.05, 0.1) is 22.1 Å². The molecule has 4 atom stereocenters. The van der Waals surface area contributed by atoms with Crippen molar-refractivity contribution in [2.45, 2.75) is 75.4 Å². The molecule has 0 aliphatic carbocycles. The molecule has 0 spiro atoms. The average Bonchev–Trinajstić information content (AvgIpc) is 3.85. The largest absolute Gasteiger partial charge is 0.508 e. The maximum absolute atomic E-state index is 17.6. The molecule has 4 aliphatic heterocycles. The number of furan rings is 1. The molecule has 5 aromatic rings. The lowest BCUT2D eigenvalue weighted by molar-refractivity contribution is -0.163. The number of aryl methyl sites for hydroxylation is 1. The molecule has 4 fully saturated rings. The number of phenolic OH excluding ortho intramolecular Hbond substituents is 1. The molecule has 4 aliphatic rings. The van der Waals surface area contributed by atoms with Gasteiger partial charge in [-0.2, -0.15) is 23.1 Å². The van der Waals surface area contributed by atoms with Crippen LogP contribution in [0.1, 0.15) is 49.8 Å². The van der Waals surface area contributed by atoms with Gasteiger partial charge in [-0.1, -0.05) is 12.0 Å². The third-order valence-electron chi connectivity index (χ3n) is 11.8. The van der Waals surface area contributed by atoms with E-state index in [2.05, 4.69) is 15.8 Å². The number of fused-ring (bicyclic) bond motifs is 7. The van der Waals surface area contributed by atoms with Crippen LogP contribution in [-0.2, 0) is 4.79 Å². The topological polar surface area (TPSA) is 95.2 Å². The maximum Gasteiger partial charge on any atom is 0.397 e. The second kappa shape index (κ2) is 12.7. The lowest BCUT2D eigenvalue weighted by atomic mass is 9.91. The van der Waals surface area contributed by atoms with Gasteiger partial charge in [-0.05, 0) is 68.8 Å². The first-order valence-corrected chi connectivity index (χ1v) is 18.2. The number of benzene rings is 3. The Morgan fingerprint density at radius 2 is 1.87 bits per heavy atom. The normalized spacial score (nSPS) is 24.0. The summed E-state index contributed by atoms with van der Waals surface area (Å²) in [4.78, 5) is 27.5. The minimum atomic E-state index is -4.66. The molecule has 0 saturated carbocycles. The number of terminal acetylenes is 1. The van der Waals surface area contributed by atoms with E-state index in [0.717, 1.165) is 12.5 Å². The number of hydrogen-bond acceptors (Lipinski definition) is 8. The molecule has 55 heavy (non-hydrogen) atoms. The summed E-state index contributed by atoms with van der Waals surface area (Å²) in [6.07, 6.45) is 1.26. The van der Waals surface area contributed by atoms with Crippen LogP contribution < -0.4 is 9.64 Å². The van der Waals surface area contributed by atoms with Gasteiger partial charge in [0, 0.05) is 54.5 Å². The van der Waals surface area contributed by atoms with Crippen molar-refractivity contribution < 1.29 is 45.4 Å². The van der Waals surface area contributed by atoms with Gasteiger partial charge in [0.15, 0.2) is 5.82 Å². The summed E-state index contributed by atoms with van der Waals surface area (Å²) in [5.41, 5.74) is -0.980. The van der Waals surface area contributed by atoms with Crippen LogP contribution in [0.5, 0.6) is 11.8 Å². The van der Waals surface area contributed by atoms with E-state index in [1.807, 2.05) is 4.90 Å². The number of amides is 1. The van der Waals surface area contributed by atoms with Crippen molar-refractivity contribution in [3.63, 3.8) is 0 Å². The summed E-state index contributed by atoms with van der Waals surface area (Å²) in [6, 6.07) is 5.61. The standard InChI is InChI=1S/C40H35F6N5O4/c1-3-26-29(42)8-5-21-12-25(52)13-27(31(21)26)32-34(43)35-33(28-11-20(2)55-36(28)32)37(48-38(47-35)54-19-39-9-4-10-50(39)16-22(41)14-39)49-17-23-6-7-24(18-49)51(23)30(53)15-40(44,45)46/h1,5,8,11-13,22-24,52H,4,6-7,9-10,14-19H2,2H3/t22-,23-,24+,39+/m1/s1. The Balaban J connectivity index is 1.24. The van der Waals surface area contributed by atoms with E-state index in [-0.39, 0.29) is 88.8 Å². The number of halogens is 6. The number of carbonyl (C=O) groups is 1. The molecule has 3 aromatic carbocycles. The molecule has 9 rings (SSSR count). The van der Waals surface area contributed by atoms with Crippen LogP contribution in [0.15, 0.2) is 34.7 Å². The molecule has 1 N–H and O–H groups in total. The third-order valence-corrected chi connectivity index (χ3v) is 11.8. The number of rotatable bonds is 6. The van der Waals surface area contributed by atoms with E-state index in [9.17, 15) is 27.5 Å². The Morgan fingerprint density at radius 3 is 2.60 bits per heavy atom. The first-order chi connectivity index (χ1) is 26.2. The fourth-order valence-corrected chi connectivity index (χ4v) is 9.63. The van der Waals surface area contributed by atoms with Crippen molar-refractivity contribution in [1.29, 1.82) is 0 Å². The summed E-state index contributed by atoms with van der Waals surface area (Å²) in [7, 11) is 0. The van der Waals surface area contributed by atoms with E-state index in [4.69, 9.17) is 20.6 Å². The number of alkyl halides is 4. The fourth-order valence-electron chi connectivity index (χ4n) is 9.63. The van der Waals surface area contributed by atoms with Crippen LogP contribution in [0.3, 0.4) is 0 Å². The highest BCUT2D eigenvalue weighted by atomic mass is 19.4. The first kappa shape index (κ1) is 35.5. The highest BCUT2D eigenvalue weighted by Gasteiger charge is 2.50. The number of piperazine rings is 1. The summed E-state index contributed by atoms with van der Waals surface area (Å²) in [6.45, 7) is 2.90. The summed E-state index contributed by atoms with van der Waals surface area (Å²) >= 11 is 0. The number of phenols is 1. The fraction of sp³-hybridized carbons (Fsp3) is 0.425. The van der Waals surface area contributed by atoms with Crippen LogP contribution >= 0.6 is 0 Å². The molecular weight excluding hydrogens is 728 g/mol. The smallest absolute Gasteiger partial charge is 0.397 e. The van der Waals surface area contributed by atoms with Crippen LogP contribution in [-0.4, -0.2) is 93.5 Å². The summed E-state index contributed by atoms with van der Waals surface area (Å²) in [5, 5.41) is 11.9. The minimum absolute atomic E-state index is 0.0346. The second-order valence-electron chi connectivity index (χ2n) is 15.2. The van der Waals surface area contributed by atoms with E-state index in [1.54, 1.807) is 13.0 Å². The van der Waals surface area contributed by atoms with Crippen molar-refractivity contribution in [1.82, 2.24) is 19.8 Å². The molecule has 1 amide bonds. The summed E-state index contributed by atoms with van der Waals surface area (Å²) in [5.74, 6) is 0.102. The van der Waals surface area contributed by atoms with Gasteiger partial charge < -0.3 is 24.1 Å². The van der Waals surface area contributed by atoms with E-state index in [0.29, 0.717) is 42.3 Å². The molecule has 0 unspecified atom stereocenters. The van der Waals surface area contributed by atoms with E-state index < -0.39 is 53.9 Å². The maximum atomic E-state index is 17.6. The lowest BCUT2D eigenvalue weighted by Gasteiger charge is -2.42. The number of aromatic hydroxyl groups is 1. The number of ether oxygens (including phenoxy) is 1. The predicted molar refractivity (Wildman–Crippen MR) is 192 cm³/mol. The average molecular weight is 764 g/mol. The van der Waals surface area contributed by atoms with Crippen molar-refractivity contribution in [2.75, 3.05) is 37.7 Å². The monoisotopic (exact) mass is 763 g/mol. The zero-order valence-corrected chi connectivity index (χ0v) is 29.7. The van der Waals surface area contributed by atoms with Gasteiger partial charge in [0.2, 0.25) is 5.91 Å². The number of anilines is 1. The van der Waals surface area contributed by atoms with Gasteiger partial charge >= 0.3 is 12.2 Å². The van der Waals surface area contributed by atoms with Crippen molar-refractivity contribution in [3.05, 3.63) is 53.3 Å². The molecule has 286 valence electrons. The van der Waals surface area contributed by atoms with Crippen molar-refractivity contribution in [3.8, 4) is 35.2 Å². The Morgan fingerprint density at radius 1 is 1.11 bits per heavy atom. The van der Waals surface area contributed by atoms with Crippen molar-refractivity contribution >= 4 is 44.4 Å². The lowest BCUT2D eigenvalue weighted by Crippen LogP contribution is -2.56. The van der Waals surface area contributed by atoms with Crippen molar-refractivity contribution in [2.24, 2.45) is 0 Å². The van der Waals surface area contributed by atoms with Crippen LogP contribution in [0.25, 0.3) is 43.8 Å². The SMILES string of the molecule is C#Cc1c(F)ccc2cc(O)cc(-c3c(F)c4nc(OC[C@@]56CCCN5C[C@H](F)C6)nc(N5C[C@H]6CC[C@@H](C5)N6C(=O)CC(F)(F)F)c4c4cc(C)oc34)c12. The van der Waals surface area contributed by atoms with E-state index in [1.165, 1.54) is 23.1 Å². The number of aromatic nitrogens is 2. The Bertz CT molecular complexity index is 2450. The Kier molecular flexibility index (Phi) is 8.16. The number of carbonyl (C=O) groups excluding carboxylic acids is 1. The minimum Gasteiger partial charge on any atom is -0.508 e. The van der Waals surface area contributed by atoms with Crippen LogP contribution in [0.4, 0.5) is 32.2 Å². The molecule has 6 heterocycles. The molecule has 2 aromatic heterocycles. The number of hydrogen-bond donors (Lipinski definition) is 1. The quantitative estimate of drug-likeness (QED) is 0.140. The third kappa shape index (κ3) is 5.79. The van der Waals surface area contributed by atoms with Crippen LogP contribution in [0.2, 0.25) is 0 Å². The van der Waals surface area contributed by atoms with Gasteiger partial charge in [-0.15, -0.1) is 6.42 Å². The molecule has 2 bridgehead atoms. The zero-order valence-electron chi connectivity index (χ0n) is 29.7. The first-order valence-electron chi connectivity index (χ1n) is 18.2. The molecule has 4 saturated heterocycles. The highest BCUT2D eigenvalue weighted by Crippen LogP contribution is 2.47. The molecular formula is C40H35F6N5O4. The Hall–Kier alpha value is -5.23. The second-order valence-corrected chi connectivity index (χ2v) is 15.2. The molecule has 0 radical (unpaired) electrons. The van der Waals surface area contributed by atoms with Gasteiger partial charge in [-0.25, -0.2) is 13.2 Å². The van der Waals surface area contributed by atoms with Gasteiger partial charge in [0.1, 0.15) is 53.4 Å². The molecule has 9 nitrogen and oxygen atoms in total. The predicted octanol–water partition coefficient (Wildman–Crippen LogP) is 7.56. The van der Waals surface area contributed by atoms with Gasteiger partial charge in [-0.3, -0.25) is 9.69 Å². The van der Waals surface area contributed by atoms with E-state index >= 15 is 8.78 Å². The Labute approximate surface area is 310 Å². The zero-order chi connectivity index (χ0) is 38.6. The van der Waals surface area contributed by atoms with Crippen LogP contribution in [0, 0.1) is 30.9 Å². The summed E-state index contributed by atoms with van der Waals surface area (Å²) < 4.78 is 99.8. The molecule has 15 heteroatoms.